The van der Waals surface area contributed by atoms with Crippen molar-refractivity contribution in [1.82, 2.24) is 10.2 Å². The van der Waals surface area contributed by atoms with Gasteiger partial charge in [-0.25, -0.2) is 0 Å². The van der Waals surface area contributed by atoms with Crippen LogP contribution in [0.3, 0.4) is 0 Å². The number of nitrogens with one attached hydrogen (secondary N) is 1. The van der Waals surface area contributed by atoms with Crippen molar-refractivity contribution in [2.24, 2.45) is 5.92 Å². The Morgan fingerprint density at radius 2 is 1.76 bits per heavy atom. The van der Waals surface area contributed by atoms with Gasteiger partial charge in [0, 0.05) is 25.7 Å². The molecule has 2 aliphatic heterocycles. The topological polar surface area (TPSA) is 24.5 Å². The standard InChI is InChI=1S/C14H28N2O/c1-12(2)16-9-5-14(6-10-16)17-11-13-3-7-15-8-4-13/h12-15H,3-11H2,1-2H3. The maximum absolute atomic E-state index is 6.10. The number of nitrogens with zero attached hydrogens (tertiary/aromatic N) is 1. The van der Waals surface area contributed by atoms with Crippen LogP contribution in [-0.2, 0) is 4.74 Å². The predicted octanol–water partition coefficient (Wildman–Crippen LogP) is 1.88. The molecule has 0 aliphatic carbocycles. The second-order valence-electron chi connectivity index (χ2n) is 5.86. The maximum atomic E-state index is 6.10. The number of ether oxygens (including phenoxy) is 1. The Morgan fingerprint density at radius 3 is 2.35 bits per heavy atom. The van der Waals surface area contributed by atoms with Gasteiger partial charge in [0.1, 0.15) is 0 Å². The van der Waals surface area contributed by atoms with Gasteiger partial charge in [0.05, 0.1) is 6.10 Å². The highest BCUT2D eigenvalue weighted by molar-refractivity contribution is 4.75. The molecule has 0 aromatic heterocycles. The molecule has 2 rings (SSSR count). The van der Waals surface area contributed by atoms with E-state index in [2.05, 4.69) is 24.1 Å². The number of piperidine rings is 2. The molecular weight excluding hydrogens is 212 g/mol. The maximum Gasteiger partial charge on any atom is 0.0599 e. The smallest absolute Gasteiger partial charge is 0.0599 e. The Balaban J connectivity index is 1.61. The molecular formula is C14H28N2O. The normalized spacial score (nSPS) is 25.6. The van der Waals surface area contributed by atoms with Crippen LogP contribution in [-0.4, -0.2) is 49.8 Å². The summed E-state index contributed by atoms with van der Waals surface area (Å²) >= 11 is 0. The highest BCUT2D eigenvalue weighted by atomic mass is 16.5. The molecule has 3 nitrogen and oxygen atoms in total. The first kappa shape index (κ1) is 13.3. The SMILES string of the molecule is CC(C)N1CCC(OCC2CCNCC2)CC1. The van der Waals surface area contributed by atoms with Crippen LogP contribution in [0, 0.1) is 5.92 Å². The van der Waals surface area contributed by atoms with E-state index in [4.69, 9.17) is 4.74 Å². The van der Waals surface area contributed by atoms with Crippen LogP contribution >= 0.6 is 0 Å². The molecule has 0 aromatic rings. The molecule has 0 bridgehead atoms. The van der Waals surface area contributed by atoms with Gasteiger partial charge in [-0.2, -0.15) is 0 Å². The first-order chi connectivity index (χ1) is 8.25. The lowest BCUT2D eigenvalue weighted by atomic mass is 9.99. The van der Waals surface area contributed by atoms with Crippen LogP contribution in [0.1, 0.15) is 39.5 Å². The minimum atomic E-state index is 0.528. The number of likely N-dealkylation sites (tertiary alicyclic amines) is 1. The van der Waals surface area contributed by atoms with Crippen LogP contribution in [0.15, 0.2) is 0 Å². The minimum absolute atomic E-state index is 0.528. The van der Waals surface area contributed by atoms with E-state index < -0.39 is 0 Å². The van der Waals surface area contributed by atoms with E-state index in [0.717, 1.165) is 12.5 Å². The zero-order valence-electron chi connectivity index (χ0n) is 11.5. The van der Waals surface area contributed by atoms with Crippen LogP contribution in [0.25, 0.3) is 0 Å². The second kappa shape index (κ2) is 6.72. The van der Waals surface area contributed by atoms with Gasteiger partial charge in [-0.3, -0.25) is 0 Å². The van der Waals surface area contributed by atoms with Gasteiger partial charge in [-0.05, 0) is 58.5 Å². The molecule has 0 aromatic carbocycles. The average Bonchev–Trinajstić information content (AvgIpc) is 2.38. The van der Waals surface area contributed by atoms with Crippen molar-refractivity contribution in [2.45, 2.75) is 51.7 Å². The number of hydrogen-bond donors (Lipinski definition) is 1. The zero-order chi connectivity index (χ0) is 12.1. The van der Waals surface area contributed by atoms with Gasteiger partial charge in [0.25, 0.3) is 0 Å². The molecule has 2 heterocycles. The van der Waals surface area contributed by atoms with Crippen molar-refractivity contribution in [3.05, 3.63) is 0 Å². The first-order valence-electron chi connectivity index (χ1n) is 7.32. The lowest BCUT2D eigenvalue weighted by molar-refractivity contribution is -0.0181. The summed E-state index contributed by atoms with van der Waals surface area (Å²) in [7, 11) is 0. The minimum Gasteiger partial charge on any atom is -0.378 e. The van der Waals surface area contributed by atoms with Gasteiger partial charge in [0.2, 0.25) is 0 Å². The first-order valence-corrected chi connectivity index (χ1v) is 7.32. The third kappa shape index (κ3) is 4.23. The van der Waals surface area contributed by atoms with Gasteiger partial charge in [-0.15, -0.1) is 0 Å². The Hall–Kier alpha value is -0.120. The Bertz CT molecular complexity index is 206. The van der Waals surface area contributed by atoms with Crippen molar-refractivity contribution in [2.75, 3.05) is 32.8 Å². The summed E-state index contributed by atoms with van der Waals surface area (Å²) < 4.78 is 6.10. The van der Waals surface area contributed by atoms with Crippen molar-refractivity contribution in [1.29, 1.82) is 0 Å². The quantitative estimate of drug-likeness (QED) is 0.812. The molecule has 100 valence electrons. The van der Waals surface area contributed by atoms with Crippen LogP contribution in [0.2, 0.25) is 0 Å². The Labute approximate surface area is 106 Å². The summed E-state index contributed by atoms with van der Waals surface area (Å²) in [4.78, 5) is 2.56. The molecule has 3 heteroatoms. The molecule has 0 spiro atoms. The number of rotatable bonds is 4. The summed E-state index contributed by atoms with van der Waals surface area (Å²) in [6, 6.07) is 0.695. The predicted molar refractivity (Wildman–Crippen MR) is 71.3 cm³/mol. The van der Waals surface area contributed by atoms with Gasteiger partial charge in [0.15, 0.2) is 0 Å². The van der Waals surface area contributed by atoms with E-state index in [1.807, 2.05) is 0 Å². The van der Waals surface area contributed by atoms with Crippen LogP contribution in [0.4, 0.5) is 0 Å². The van der Waals surface area contributed by atoms with E-state index in [1.165, 1.54) is 51.9 Å². The molecule has 0 amide bonds. The highest BCUT2D eigenvalue weighted by Gasteiger charge is 2.22. The van der Waals surface area contributed by atoms with Crippen molar-refractivity contribution in [3.63, 3.8) is 0 Å². The molecule has 0 atom stereocenters. The Kier molecular flexibility index (Phi) is 5.26. The summed E-state index contributed by atoms with van der Waals surface area (Å²) in [6.07, 6.45) is 5.57. The van der Waals surface area contributed by atoms with E-state index in [-0.39, 0.29) is 0 Å². The number of hydrogen-bond acceptors (Lipinski definition) is 3. The fourth-order valence-corrected chi connectivity index (χ4v) is 2.88. The molecule has 1 N–H and O–H groups in total. The average molecular weight is 240 g/mol. The largest absolute Gasteiger partial charge is 0.378 e. The summed E-state index contributed by atoms with van der Waals surface area (Å²) in [6.45, 7) is 10.4. The summed E-state index contributed by atoms with van der Waals surface area (Å²) in [5.41, 5.74) is 0. The Morgan fingerprint density at radius 1 is 1.12 bits per heavy atom. The van der Waals surface area contributed by atoms with E-state index in [1.54, 1.807) is 0 Å². The molecule has 0 unspecified atom stereocenters. The fraction of sp³-hybridized carbons (Fsp3) is 1.00. The molecule has 2 fully saturated rings. The van der Waals surface area contributed by atoms with Crippen molar-refractivity contribution in [3.8, 4) is 0 Å². The molecule has 2 saturated heterocycles. The molecule has 0 radical (unpaired) electrons. The molecule has 17 heavy (non-hydrogen) atoms. The van der Waals surface area contributed by atoms with Gasteiger partial charge in [-0.1, -0.05) is 0 Å². The van der Waals surface area contributed by atoms with E-state index in [9.17, 15) is 0 Å². The van der Waals surface area contributed by atoms with Gasteiger partial charge >= 0.3 is 0 Å². The molecule has 2 aliphatic rings. The summed E-state index contributed by atoms with van der Waals surface area (Å²) in [5.74, 6) is 0.805. The lowest BCUT2D eigenvalue weighted by Crippen LogP contribution is -2.41. The third-order valence-electron chi connectivity index (χ3n) is 4.23. The highest BCUT2D eigenvalue weighted by Crippen LogP contribution is 2.19. The monoisotopic (exact) mass is 240 g/mol. The lowest BCUT2D eigenvalue weighted by Gasteiger charge is -2.35. The fourth-order valence-electron chi connectivity index (χ4n) is 2.88. The third-order valence-corrected chi connectivity index (χ3v) is 4.23. The van der Waals surface area contributed by atoms with E-state index >= 15 is 0 Å². The van der Waals surface area contributed by atoms with Crippen molar-refractivity contribution >= 4 is 0 Å². The van der Waals surface area contributed by atoms with Crippen molar-refractivity contribution < 1.29 is 4.74 Å². The van der Waals surface area contributed by atoms with Gasteiger partial charge < -0.3 is 15.0 Å². The van der Waals surface area contributed by atoms with Crippen LogP contribution < -0.4 is 5.32 Å². The summed E-state index contributed by atoms with van der Waals surface area (Å²) in [5, 5.41) is 3.41. The molecule has 0 saturated carbocycles. The second-order valence-corrected chi connectivity index (χ2v) is 5.86. The zero-order valence-corrected chi connectivity index (χ0v) is 11.5. The van der Waals surface area contributed by atoms with E-state index in [0.29, 0.717) is 12.1 Å². The van der Waals surface area contributed by atoms with Crippen LogP contribution in [0.5, 0.6) is 0 Å².